The average Bonchev–Trinajstić information content (AvgIpc) is 3.70. The summed E-state index contributed by atoms with van der Waals surface area (Å²) in [5.74, 6) is -0.318. The van der Waals surface area contributed by atoms with Crippen molar-refractivity contribution in [2.24, 2.45) is 34.5 Å². The normalized spacial score (nSPS) is 53.2. The maximum Gasteiger partial charge on any atom is 0.331 e. The molecule has 7 fully saturated rings. The second-order valence-corrected chi connectivity index (χ2v) is 19.4. The highest BCUT2D eigenvalue weighted by Gasteiger charge is 2.72. The fraction of sp³-hybridized carbons (Fsp3) is 0.907. The molecule has 8 aliphatic rings. The minimum absolute atomic E-state index is 0.0376. The summed E-state index contributed by atoms with van der Waals surface area (Å²) in [6.07, 6.45) is -1.68. The smallest absolute Gasteiger partial charge is 0.331 e. The molecular weight excluding hydrogens is 756 g/mol. The first-order valence-corrected chi connectivity index (χ1v) is 21.8. The Balaban J connectivity index is 0.862. The molecule has 4 saturated carbocycles. The highest BCUT2D eigenvalue weighted by molar-refractivity contribution is 5.85. The molecular formula is C43H66O15. The minimum atomic E-state index is -1.05. The van der Waals surface area contributed by atoms with Crippen molar-refractivity contribution in [1.29, 1.82) is 0 Å². The van der Waals surface area contributed by atoms with E-state index >= 15 is 0 Å². The highest BCUT2D eigenvalue weighted by atomic mass is 16.7. The summed E-state index contributed by atoms with van der Waals surface area (Å²) in [5.41, 5.74) is -1.00. The summed E-state index contributed by atoms with van der Waals surface area (Å²) in [4.78, 5) is 24.7. The molecule has 4 aliphatic heterocycles. The predicted molar refractivity (Wildman–Crippen MR) is 202 cm³/mol. The van der Waals surface area contributed by atoms with E-state index in [0.29, 0.717) is 25.2 Å². The van der Waals surface area contributed by atoms with Gasteiger partial charge in [-0.05, 0) is 107 Å². The van der Waals surface area contributed by atoms with Gasteiger partial charge in [0.15, 0.2) is 18.9 Å². The molecule has 4 heterocycles. The van der Waals surface area contributed by atoms with E-state index in [-0.39, 0.29) is 67.1 Å². The molecule has 0 bridgehead atoms. The molecule has 58 heavy (non-hydrogen) atoms. The molecule has 0 aromatic heterocycles. The van der Waals surface area contributed by atoms with Crippen molar-refractivity contribution in [1.82, 2.24) is 0 Å². The summed E-state index contributed by atoms with van der Waals surface area (Å²) in [5, 5.41) is 55.4. The molecule has 0 aromatic carbocycles. The molecule has 4 aliphatic carbocycles. The molecule has 328 valence electrons. The number of hydrogen-bond acceptors (Lipinski definition) is 15. The van der Waals surface area contributed by atoms with Gasteiger partial charge in [-0.2, -0.15) is 0 Å². The zero-order valence-electron chi connectivity index (χ0n) is 34.8. The standard InChI is InChI=1S/C43H66O15/c1-20-38(49)30(45)16-36(52-20)57-40-22(3)54-37(18-32(40)47)58-39-21(2)53-35(17-31(39)46)56-26-9-11-41(5)25(14-26)7-8-28-29(41)15-33(55-23(4)44)42(6)27(10-12-43(28,42)50)24-13-34(48)51-19-24/h13,20-22,25-33,35-40,45-47,49-50H,7-12,14-19H2,1-6H3/t20-,21-,22-,25-,26+,27-,28-,29+,30+,31+,32+,33-,35+,36+,37+,38-,39-,40-,41+,42+,43+/m1/s1. The molecule has 3 saturated heterocycles. The number of aliphatic hydroxyl groups is 5. The van der Waals surface area contributed by atoms with Crippen LogP contribution in [0, 0.1) is 34.5 Å². The second-order valence-electron chi connectivity index (χ2n) is 19.4. The number of hydrogen-bond donors (Lipinski definition) is 5. The van der Waals surface area contributed by atoms with Gasteiger partial charge in [-0.3, -0.25) is 4.79 Å². The number of carbonyl (C=O) groups is 2. The van der Waals surface area contributed by atoms with Crippen LogP contribution < -0.4 is 0 Å². The van der Waals surface area contributed by atoms with Gasteiger partial charge < -0.3 is 63.4 Å². The molecule has 0 aromatic rings. The summed E-state index contributed by atoms with van der Waals surface area (Å²) < 4.78 is 48.4. The molecule has 8 rings (SSSR count). The quantitative estimate of drug-likeness (QED) is 0.176. The van der Waals surface area contributed by atoms with Gasteiger partial charge in [-0.25, -0.2) is 4.79 Å². The lowest BCUT2D eigenvalue weighted by molar-refractivity contribution is -0.336. The lowest BCUT2D eigenvalue weighted by Crippen LogP contribution is -2.67. The van der Waals surface area contributed by atoms with Crippen LogP contribution in [0.4, 0.5) is 0 Å². The molecule has 0 radical (unpaired) electrons. The van der Waals surface area contributed by atoms with Gasteiger partial charge >= 0.3 is 11.9 Å². The van der Waals surface area contributed by atoms with Gasteiger partial charge in [-0.1, -0.05) is 13.8 Å². The predicted octanol–water partition coefficient (Wildman–Crippen LogP) is 2.79. The van der Waals surface area contributed by atoms with Crippen LogP contribution in [-0.2, 0) is 47.5 Å². The number of ether oxygens (including phenoxy) is 8. The maximum absolute atomic E-state index is 12.8. The van der Waals surface area contributed by atoms with E-state index in [2.05, 4.69) is 13.8 Å². The third kappa shape index (κ3) is 7.49. The van der Waals surface area contributed by atoms with Crippen molar-refractivity contribution in [2.45, 2.75) is 204 Å². The first kappa shape index (κ1) is 42.9. The lowest BCUT2D eigenvalue weighted by Gasteiger charge is -2.65. The van der Waals surface area contributed by atoms with Crippen molar-refractivity contribution >= 4 is 11.9 Å². The Bertz CT molecular complexity index is 1520. The molecule has 0 spiro atoms. The summed E-state index contributed by atoms with van der Waals surface area (Å²) in [6, 6.07) is 0. The maximum atomic E-state index is 12.8. The molecule has 15 heteroatoms. The number of esters is 2. The Morgan fingerprint density at radius 2 is 1.34 bits per heavy atom. The van der Waals surface area contributed by atoms with Crippen molar-refractivity contribution < 1.29 is 73.0 Å². The van der Waals surface area contributed by atoms with Crippen LogP contribution in [0.25, 0.3) is 0 Å². The second kappa shape index (κ2) is 16.2. The van der Waals surface area contributed by atoms with Crippen molar-refractivity contribution in [3.8, 4) is 0 Å². The molecule has 5 N–H and O–H groups in total. The summed E-state index contributed by atoms with van der Waals surface area (Å²) in [7, 11) is 0. The van der Waals surface area contributed by atoms with Crippen LogP contribution in [-0.4, -0.2) is 136 Å². The first-order valence-electron chi connectivity index (χ1n) is 21.8. The fourth-order valence-corrected chi connectivity index (χ4v) is 13.1. The zero-order valence-corrected chi connectivity index (χ0v) is 34.8. The summed E-state index contributed by atoms with van der Waals surface area (Å²) >= 11 is 0. The topological polar surface area (TPSA) is 209 Å². The largest absolute Gasteiger partial charge is 0.462 e. The SMILES string of the molecule is CC(=O)O[C@@H]1C[C@H]2[C@@H](CC[C@@H]3C[C@@H](O[C@H]4C[C@H](O)[C@H](O[C@H]5C[C@H](O)[C@H](O[C@H]6C[C@H](O)[C@H](O)[C@@H](C)O6)[C@@H](C)O5)[C@@H](C)O4)CC[C@@]32C)[C@@]2(O)CC[C@H](C3=CC(=O)OC3)[C@@]12C. The Morgan fingerprint density at radius 1 is 0.741 bits per heavy atom. The Kier molecular flexibility index (Phi) is 12.0. The van der Waals surface area contributed by atoms with Crippen LogP contribution >= 0.6 is 0 Å². The van der Waals surface area contributed by atoms with E-state index in [0.717, 1.165) is 37.7 Å². The Hall–Kier alpha value is -1.76. The number of cyclic esters (lactones) is 1. The average molecular weight is 823 g/mol. The van der Waals surface area contributed by atoms with E-state index in [9.17, 15) is 35.1 Å². The zero-order chi connectivity index (χ0) is 41.5. The van der Waals surface area contributed by atoms with Crippen LogP contribution in [0.15, 0.2) is 11.6 Å². The third-order valence-electron chi connectivity index (χ3n) is 16.2. The van der Waals surface area contributed by atoms with Crippen LogP contribution in [0.3, 0.4) is 0 Å². The monoisotopic (exact) mass is 822 g/mol. The number of fused-ring (bicyclic) bond motifs is 5. The van der Waals surface area contributed by atoms with Crippen LogP contribution in [0.5, 0.6) is 0 Å². The Morgan fingerprint density at radius 3 is 1.91 bits per heavy atom. The van der Waals surface area contributed by atoms with Crippen molar-refractivity contribution in [3.05, 3.63) is 11.6 Å². The molecule has 0 unspecified atom stereocenters. The van der Waals surface area contributed by atoms with Crippen molar-refractivity contribution in [2.75, 3.05) is 6.61 Å². The van der Waals surface area contributed by atoms with E-state index < -0.39 is 90.9 Å². The number of carbonyl (C=O) groups excluding carboxylic acids is 2. The van der Waals surface area contributed by atoms with Crippen LogP contribution in [0.1, 0.15) is 112 Å². The number of rotatable bonds is 8. The van der Waals surface area contributed by atoms with Gasteiger partial charge in [-0.15, -0.1) is 0 Å². The van der Waals surface area contributed by atoms with E-state index in [4.69, 9.17) is 37.9 Å². The van der Waals surface area contributed by atoms with Gasteiger partial charge in [0.2, 0.25) is 0 Å². The van der Waals surface area contributed by atoms with Gasteiger partial charge in [0.05, 0.1) is 48.3 Å². The minimum Gasteiger partial charge on any atom is -0.462 e. The fourth-order valence-electron chi connectivity index (χ4n) is 13.1. The van der Waals surface area contributed by atoms with E-state index in [1.807, 2.05) is 6.92 Å². The van der Waals surface area contributed by atoms with Gasteiger partial charge in [0.25, 0.3) is 0 Å². The summed E-state index contributed by atoms with van der Waals surface area (Å²) in [6.45, 7) is 11.3. The van der Waals surface area contributed by atoms with E-state index in [1.54, 1.807) is 19.9 Å². The number of aliphatic hydroxyl groups excluding tert-OH is 4. The molecule has 21 atom stereocenters. The first-order chi connectivity index (χ1) is 27.4. The van der Waals surface area contributed by atoms with Crippen molar-refractivity contribution in [3.63, 3.8) is 0 Å². The van der Waals surface area contributed by atoms with Gasteiger partial charge in [0.1, 0.15) is 31.0 Å². The Labute approximate surface area is 341 Å². The van der Waals surface area contributed by atoms with Crippen LogP contribution in [0.2, 0.25) is 0 Å². The van der Waals surface area contributed by atoms with E-state index in [1.165, 1.54) is 6.92 Å². The third-order valence-corrected chi connectivity index (χ3v) is 16.2. The molecule has 15 nitrogen and oxygen atoms in total. The lowest BCUT2D eigenvalue weighted by atomic mass is 9.42. The highest BCUT2D eigenvalue weighted by Crippen LogP contribution is 2.70. The van der Waals surface area contributed by atoms with Gasteiger partial charge in [0, 0.05) is 37.7 Å². The molecule has 0 amide bonds.